The standard InChI is InChI=1S/C16H23N3O2/c1-11(2)15-14(17)16(19(3)18-15)21-13-7-5-12(6-8-13)9-10-20-4/h5-8,11H,9-10,17H2,1-4H3. The van der Waals surface area contributed by atoms with Crippen LogP contribution < -0.4 is 10.5 Å². The van der Waals surface area contributed by atoms with Crippen LogP contribution in [0.15, 0.2) is 24.3 Å². The molecule has 1 aromatic carbocycles. The van der Waals surface area contributed by atoms with Gasteiger partial charge in [-0.05, 0) is 30.0 Å². The maximum atomic E-state index is 6.12. The summed E-state index contributed by atoms with van der Waals surface area (Å²) < 4.78 is 12.6. The van der Waals surface area contributed by atoms with Gasteiger partial charge in [0.05, 0.1) is 12.3 Å². The van der Waals surface area contributed by atoms with Crippen LogP contribution in [-0.4, -0.2) is 23.5 Å². The van der Waals surface area contributed by atoms with E-state index >= 15 is 0 Å². The number of anilines is 1. The topological polar surface area (TPSA) is 62.3 Å². The maximum absolute atomic E-state index is 6.12. The Labute approximate surface area is 125 Å². The highest BCUT2D eigenvalue weighted by Crippen LogP contribution is 2.33. The van der Waals surface area contributed by atoms with Crippen LogP contribution in [0.5, 0.6) is 11.6 Å². The van der Waals surface area contributed by atoms with Crippen LogP contribution >= 0.6 is 0 Å². The molecule has 0 atom stereocenters. The van der Waals surface area contributed by atoms with Gasteiger partial charge in [0.15, 0.2) is 0 Å². The molecule has 2 rings (SSSR count). The first-order valence-corrected chi connectivity index (χ1v) is 7.11. The van der Waals surface area contributed by atoms with Gasteiger partial charge in [-0.1, -0.05) is 26.0 Å². The normalized spacial score (nSPS) is 11.1. The number of methoxy groups -OCH3 is 1. The van der Waals surface area contributed by atoms with Crippen molar-refractivity contribution in [1.82, 2.24) is 9.78 Å². The van der Waals surface area contributed by atoms with Crippen LogP contribution in [0.1, 0.15) is 31.0 Å². The number of benzene rings is 1. The first-order valence-electron chi connectivity index (χ1n) is 7.11. The molecular formula is C16H23N3O2. The van der Waals surface area contributed by atoms with Gasteiger partial charge in [0.25, 0.3) is 0 Å². The lowest BCUT2D eigenvalue weighted by atomic mass is 10.1. The summed E-state index contributed by atoms with van der Waals surface area (Å²) in [6.45, 7) is 4.84. The van der Waals surface area contributed by atoms with Crippen LogP contribution in [0, 0.1) is 0 Å². The summed E-state index contributed by atoms with van der Waals surface area (Å²) in [7, 11) is 3.54. The molecule has 114 valence electrons. The van der Waals surface area contributed by atoms with Gasteiger partial charge < -0.3 is 15.2 Å². The molecule has 0 unspecified atom stereocenters. The second-order valence-corrected chi connectivity index (χ2v) is 5.37. The highest BCUT2D eigenvalue weighted by atomic mass is 16.5. The second-order valence-electron chi connectivity index (χ2n) is 5.37. The van der Waals surface area contributed by atoms with Crippen molar-refractivity contribution >= 4 is 5.69 Å². The highest BCUT2D eigenvalue weighted by Gasteiger charge is 2.17. The summed E-state index contributed by atoms with van der Waals surface area (Å²) >= 11 is 0. The molecule has 0 amide bonds. The van der Waals surface area contributed by atoms with E-state index in [2.05, 4.69) is 18.9 Å². The number of aromatic nitrogens is 2. The van der Waals surface area contributed by atoms with Gasteiger partial charge in [0, 0.05) is 14.2 Å². The predicted molar refractivity (Wildman–Crippen MR) is 83.8 cm³/mol. The van der Waals surface area contributed by atoms with E-state index in [1.54, 1.807) is 11.8 Å². The summed E-state index contributed by atoms with van der Waals surface area (Å²) in [6.07, 6.45) is 0.891. The molecule has 0 radical (unpaired) electrons. The lowest BCUT2D eigenvalue weighted by Gasteiger charge is -2.08. The van der Waals surface area contributed by atoms with Gasteiger partial charge in [0.2, 0.25) is 5.88 Å². The molecule has 0 saturated heterocycles. The average molecular weight is 289 g/mol. The molecular weight excluding hydrogens is 266 g/mol. The van der Waals surface area contributed by atoms with Crippen LogP contribution in [0.4, 0.5) is 5.69 Å². The maximum Gasteiger partial charge on any atom is 0.241 e. The smallest absolute Gasteiger partial charge is 0.241 e. The molecule has 0 aliphatic heterocycles. The number of nitrogens with zero attached hydrogens (tertiary/aromatic N) is 2. The van der Waals surface area contributed by atoms with Crippen molar-refractivity contribution in [3.05, 3.63) is 35.5 Å². The van der Waals surface area contributed by atoms with Crippen LogP contribution in [0.25, 0.3) is 0 Å². The van der Waals surface area contributed by atoms with E-state index in [9.17, 15) is 0 Å². The quantitative estimate of drug-likeness (QED) is 0.887. The summed E-state index contributed by atoms with van der Waals surface area (Å²) in [5.41, 5.74) is 8.81. The Hall–Kier alpha value is -2.01. The Morgan fingerprint density at radius 3 is 2.43 bits per heavy atom. The van der Waals surface area contributed by atoms with Crippen molar-refractivity contribution < 1.29 is 9.47 Å². The van der Waals surface area contributed by atoms with E-state index in [0.717, 1.165) is 17.9 Å². The Morgan fingerprint density at radius 2 is 1.90 bits per heavy atom. The third kappa shape index (κ3) is 3.55. The van der Waals surface area contributed by atoms with Crippen molar-refractivity contribution in [2.75, 3.05) is 19.5 Å². The molecule has 0 aliphatic carbocycles. The average Bonchev–Trinajstić information content (AvgIpc) is 2.75. The number of ether oxygens (including phenoxy) is 2. The van der Waals surface area contributed by atoms with E-state index in [-0.39, 0.29) is 5.92 Å². The molecule has 5 nitrogen and oxygen atoms in total. The van der Waals surface area contributed by atoms with Crippen LogP contribution in [0.3, 0.4) is 0 Å². The molecule has 2 N–H and O–H groups in total. The van der Waals surface area contributed by atoms with E-state index in [4.69, 9.17) is 15.2 Å². The van der Waals surface area contributed by atoms with Gasteiger partial charge in [-0.15, -0.1) is 0 Å². The Balaban J connectivity index is 2.15. The molecule has 0 saturated carbocycles. The third-order valence-corrected chi connectivity index (χ3v) is 3.34. The van der Waals surface area contributed by atoms with Crippen molar-refractivity contribution in [3.63, 3.8) is 0 Å². The zero-order valence-corrected chi connectivity index (χ0v) is 13.1. The number of nitrogen functional groups attached to an aromatic ring is 1. The minimum atomic E-state index is 0.268. The monoisotopic (exact) mass is 289 g/mol. The molecule has 5 heteroatoms. The molecule has 0 fully saturated rings. The predicted octanol–water partition coefficient (Wildman–Crippen LogP) is 3.11. The molecule has 0 bridgehead atoms. The Kier molecular flexibility index (Phi) is 4.85. The number of hydrogen-bond acceptors (Lipinski definition) is 4. The SMILES string of the molecule is COCCc1ccc(Oc2c(N)c(C(C)C)nn2C)cc1. The number of nitrogens with two attached hydrogens (primary N) is 1. The van der Waals surface area contributed by atoms with Gasteiger partial charge in [-0.3, -0.25) is 0 Å². The summed E-state index contributed by atoms with van der Waals surface area (Å²) in [6, 6.07) is 7.94. The number of hydrogen-bond donors (Lipinski definition) is 1. The Morgan fingerprint density at radius 1 is 1.24 bits per heavy atom. The fourth-order valence-electron chi connectivity index (χ4n) is 2.15. The van der Waals surface area contributed by atoms with Crippen molar-refractivity contribution in [2.45, 2.75) is 26.2 Å². The molecule has 0 aliphatic rings. The molecule has 1 aromatic heterocycles. The molecule has 1 heterocycles. The van der Waals surface area contributed by atoms with Crippen molar-refractivity contribution in [1.29, 1.82) is 0 Å². The third-order valence-electron chi connectivity index (χ3n) is 3.34. The summed E-state index contributed by atoms with van der Waals surface area (Å²) in [5, 5.41) is 4.41. The Bertz CT molecular complexity index is 588. The van der Waals surface area contributed by atoms with Crippen molar-refractivity contribution in [3.8, 4) is 11.6 Å². The number of aryl methyl sites for hydroxylation is 1. The summed E-state index contributed by atoms with van der Waals surface area (Å²) in [4.78, 5) is 0. The van der Waals surface area contributed by atoms with E-state index in [0.29, 0.717) is 18.2 Å². The van der Waals surface area contributed by atoms with Gasteiger partial charge >= 0.3 is 0 Å². The number of rotatable bonds is 6. The lowest BCUT2D eigenvalue weighted by Crippen LogP contribution is -1.98. The van der Waals surface area contributed by atoms with E-state index in [1.165, 1.54) is 5.56 Å². The highest BCUT2D eigenvalue weighted by molar-refractivity contribution is 5.55. The van der Waals surface area contributed by atoms with Crippen molar-refractivity contribution in [2.24, 2.45) is 7.05 Å². The fourth-order valence-corrected chi connectivity index (χ4v) is 2.15. The first-order chi connectivity index (χ1) is 10.0. The second kappa shape index (κ2) is 6.63. The van der Waals surface area contributed by atoms with E-state index < -0.39 is 0 Å². The first kappa shape index (κ1) is 15.4. The fraction of sp³-hybridized carbons (Fsp3) is 0.438. The zero-order chi connectivity index (χ0) is 15.4. The molecule has 2 aromatic rings. The van der Waals surface area contributed by atoms with Gasteiger partial charge in [0.1, 0.15) is 11.4 Å². The van der Waals surface area contributed by atoms with Crippen LogP contribution in [-0.2, 0) is 18.2 Å². The van der Waals surface area contributed by atoms with Gasteiger partial charge in [-0.25, -0.2) is 4.68 Å². The largest absolute Gasteiger partial charge is 0.437 e. The van der Waals surface area contributed by atoms with E-state index in [1.807, 2.05) is 31.3 Å². The minimum absolute atomic E-state index is 0.268. The summed E-state index contributed by atoms with van der Waals surface area (Å²) in [5.74, 6) is 1.61. The molecule has 0 spiro atoms. The minimum Gasteiger partial charge on any atom is -0.437 e. The van der Waals surface area contributed by atoms with Gasteiger partial charge in [-0.2, -0.15) is 5.10 Å². The lowest BCUT2D eigenvalue weighted by molar-refractivity contribution is 0.202. The zero-order valence-electron chi connectivity index (χ0n) is 13.1. The molecule has 21 heavy (non-hydrogen) atoms. The van der Waals surface area contributed by atoms with Crippen LogP contribution in [0.2, 0.25) is 0 Å².